The lowest BCUT2D eigenvalue weighted by Crippen LogP contribution is -2.29. The molecule has 10 N–H and O–H groups in total. The van der Waals surface area contributed by atoms with Crippen molar-refractivity contribution in [3.63, 3.8) is 0 Å². The van der Waals surface area contributed by atoms with E-state index < -0.39 is 17.7 Å². The van der Waals surface area contributed by atoms with E-state index in [2.05, 4.69) is 0 Å². The molecule has 0 saturated heterocycles. The van der Waals surface area contributed by atoms with Crippen LogP contribution in [0.15, 0.2) is 60.7 Å². The lowest BCUT2D eigenvalue weighted by Gasteiger charge is -2.00. The van der Waals surface area contributed by atoms with E-state index in [9.17, 15) is 19.2 Å². The second-order valence-electron chi connectivity index (χ2n) is 5.81. The Morgan fingerprint density at radius 1 is 0.688 bits per heavy atom. The summed E-state index contributed by atoms with van der Waals surface area (Å²) >= 11 is 0. The summed E-state index contributed by atoms with van der Waals surface area (Å²) in [6.45, 7) is 0. The molecule has 0 atom stereocenters. The molecule has 0 saturated carbocycles. The summed E-state index contributed by atoms with van der Waals surface area (Å²) in [6, 6.07) is 12.9. The first-order chi connectivity index (χ1) is 15.3. The van der Waals surface area contributed by atoms with Gasteiger partial charge in [-0.15, -0.1) is 0 Å². The minimum Gasteiger partial charge on any atom is -0.290 e. The molecule has 0 aliphatic heterocycles. The van der Waals surface area contributed by atoms with Crippen LogP contribution in [0, 0.1) is 0 Å². The van der Waals surface area contributed by atoms with Gasteiger partial charge in [-0.1, -0.05) is 24.3 Å². The smallest absolute Gasteiger partial charge is 0.267 e. The number of nitrogens with one attached hydrogen (secondary N) is 4. The SMILES string of the molecule is NNC(=O)c1ccc(/C=C/C(=O)NO)cc1.NNC(=O)c1cccc(/C=C/C(=O)NO)c1. The van der Waals surface area contributed by atoms with Crippen LogP contribution in [0.2, 0.25) is 0 Å². The molecule has 0 radical (unpaired) electrons. The number of carbonyl (C=O) groups excluding carboxylic acids is 4. The quantitative estimate of drug-likeness (QED) is 0.0969. The molecule has 0 aliphatic rings. The first-order valence-corrected chi connectivity index (χ1v) is 8.81. The van der Waals surface area contributed by atoms with Gasteiger partial charge in [0.2, 0.25) is 0 Å². The molecule has 0 spiro atoms. The van der Waals surface area contributed by atoms with Crippen molar-refractivity contribution in [2.75, 3.05) is 0 Å². The molecule has 2 aromatic rings. The number of benzene rings is 2. The molecule has 0 aliphatic carbocycles. The third-order valence-corrected chi connectivity index (χ3v) is 3.66. The zero-order valence-corrected chi connectivity index (χ0v) is 16.6. The highest BCUT2D eigenvalue weighted by Crippen LogP contribution is 2.07. The summed E-state index contributed by atoms with van der Waals surface area (Å²) in [5.41, 5.74) is 9.10. The van der Waals surface area contributed by atoms with Crippen LogP contribution in [0.3, 0.4) is 0 Å². The number of hydrazine groups is 2. The minimum absolute atomic E-state index is 0.383. The van der Waals surface area contributed by atoms with Crippen LogP contribution < -0.4 is 33.5 Å². The maximum Gasteiger partial charge on any atom is 0.267 e. The molecule has 2 rings (SSSR count). The lowest BCUT2D eigenvalue weighted by molar-refractivity contribution is -0.124. The van der Waals surface area contributed by atoms with E-state index in [4.69, 9.17) is 22.1 Å². The maximum absolute atomic E-state index is 11.2. The first-order valence-electron chi connectivity index (χ1n) is 8.81. The number of carbonyl (C=O) groups is 4. The summed E-state index contributed by atoms with van der Waals surface area (Å²) in [5.74, 6) is 7.88. The van der Waals surface area contributed by atoms with E-state index in [0.717, 1.165) is 17.7 Å². The summed E-state index contributed by atoms with van der Waals surface area (Å²) in [5, 5.41) is 16.5. The Balaban J connectivity index is 0.000000320. The number of amides is 4. The zero-order valence-electron chi connectivity index (χ0n) is 16.6. The average Bonchev–Trinajstić information content (AvgIpc) is 2.85. The number of rotatable bonds is 6. The van der Waals surface area contributed by atoms with Crippen LogP contribution in [0.5, 0.6) is 0 Å². The van der Waals surface area contributed by atoms with E-state index in [0.29, 0.717) is 16.7 Å². The van der Waals surface area contributed by atoms with Crippen molar-refractivity contribution >= 4 is 35.8 Å². The Morgan fingerprint density at radius 3 is 1.69 bits per heavy atom. The van der Waals surface area contributed by atoms with Crippen molar-refractivity contribution in [2.45, 2.75) is 0 Å². The molecular formula is C20H22N6O6. The van der Waals surface area contributed by atoms with Crippen molar-refractivity contribution < 1.29 is 29.6 Å². The molecule has 12 heteroatoms. The van der Waals surface area contributed by atoms with Crippen molar-refractivity contribution in [1.82, 2.24) is 21.8 Å². The normalized spacial score (nSPS) is 10.1. The molecule has 0 aromatic heterocycles. The largest absolute Gasteiger partial charge is 0.290 e. The zero-order chi connectivity index (χ0) is 23.9. The predicted octanol–water partition coefficient (Wildman–Crippen LogP) is -0.383. The van der Waals surface area contributed by atoms with Gasteiger partial charge in [-0.05, 0) is 47.5 Å². The van der Waals surface area contributed by atoms with Crippen LogP contribution in [0.1, 0.15) is 31.8 Å². The first kappa shape index (κ1) is 25.7. The van der Waals surface area contributed by atoms with Crippen LogP contribution in [-0.4, -0.2) is 34.0 Å². The summed E-state index contributed by atoms with van der Waals surface area (Å²) in [7, 11) is 0. The van der Waals surface area contributed by atoms with Gasteiger partial charge in [0.1, 0.15) is 0 Å². The topological polar surface area (TPSA) is 209 Å². The maximum atomic E-state index is 11.2. The fourth-order valence-electron chi connectivity index (χ4n) is 2.11. The monoisotopic (exact) mass is 442 g/mol. The Bertz CT molecular complexity index is 1000. The van der Waals surface area contributed by atoms with Crippen LogP contribution in [0.25, 0.3) is 12.2 Å². The summed E-state index contributed by atoms with van der Waals surface area (Å²) < 4.78 is 0. The van der Waals surface area contributed by atoms with E-state index in [1.54, 1.807) is 48.5 Å². The molecule has 0 bridgehead atoms. The fraction of sp³-hybridized carbons (Fsp3) is 0. The summed E-state index contributed by atoms with van der Waals surface area (Å²) in [6.07, 6.45) is 5.26. The highest BCUT2D eigenvalue weighted by Gasteiger charge is 2.03. The van der Waals surface area contributed by atoms with E-state index in [1.807, 2.05) is 10.9 Å². The second-order valence-corrected chi connectivity index (χ2v) is 5.81. The number of nitrogens with two attached hydrogens (primary N) is 2. The second kappa shape index (κ2) is 13.8. The van der Waals surface area contributed by atoms with Gasteiger partial charge in [0, 0.05) is 23.3 Å². The Morgan fingerprint density at radius 2 is 1.19 bits per heavy atom. The minimum atomic E-state index is -0.645. The Labute approximate surface area is 182 Å². The van der Waals surface area contributed by atoms with Gasteiger partial charge in [-0.25, -0.2) is 22.6 Å². The molecular weight excluding hydrogens is 420 g/mol. The van der Waals surface area contributed by atoms with Gasteiger partial charge in [0.05, 0.1) is 0 Å². The lowest BCUT2D eigenvalue weighted by atomic mass is 10.1. The molecule has 0 heterocycles. The molecule has 168 valence electrons. The van der Waals surface area contributed by atoms with E-state index in [-0.39, 0.29) is 5.91 Å². The predicted molar refractivity (Wildman–Crippen MR) is 114 cm³/mol. The standard InChI is InChI=1S/2C10H11N3O3/c11-12-10(15)8-4-1-7(2-5-8)3-6-9(14)13-16;11-12-10(15)8-3-1-2-7(6-8)4-5-9(14)13-16/h2*1-6,16H,11H2,(H,12,15)(H,13,14)/b6-3+;5-4+. The van der Waals surface area contributed by atoms with Gasteiger partial charge < -0.3 is 0 Å². The van der Waals surface area contributed by atoms with Gasteiger partial charge >= 0.3 is 0 Å². The van der Waals surface area contributed by atoms with Crippen molar-refractivity contribution in [2.24, 2.45) is 11.7 Å². The number of hydrogen-bond donors (Lipinski definition) is 8. The van der Waals surface area contributed by atoms with E-state index >= 15 is 0 Å². The van der Waals surface area contributed by atoms with Crippen LogP contribution in [-0.2, 0) is 9.59 Å². The fourth-order valence-corrected chi connectivity index (χ4v) is 2.11. The number of hydroxylamine groups is 2. The highest BCUT2D eigenvalue weighted by atomic mass is 16.5. The van der Waals surface area contributed by atoms with Gasteiger partial charge in [0.25, 0.3) is 23.6 Å². The molecule has 12 nitrogen and oxygen atoms in total. The highest BCUT2D eigenvalue weighted by molar-refractivity contribution is 5.95. The van der Waals surface area contributed by atoms with Gasteiger partial charge in [-0.2, -0.15) is 0 Å². The van der Waals surface area contributed by atoms with Crippen LogP contribution in [0.4, 0.5) is 0 Å². The third-order valence-electron chi connectivity index (χ3n) is 3.66. The third kappa shape index (κ3) is 8.98. The molecule has 32 heavy (non-hydrogen) atoms. The van der Waals surface area contributed by atoms with E-state index in [1.165, 1.54) is 23.1 Å². The molecule has 2 aromatic carbocycles. The van der Waals surface area contributed by atoms with Gasteiger partial charge in [-0.3, -0.25) is 40.4 Å². The van der Waals surface area contributed by atoms with Crippen molar-refractivity contribution in [1.29, 1.82) is 0 Å². The molecule has 0 fully saturated rings. The Hall–Kier alpha value is -4.36. The Kier molecular flexibility index (Phi) is 11.1. The molecule has 4 amide bonds. The number of nitrogen functional groups attached to an aromatic ring is 2. The average molecular weight is 442 g/mol. The number of hydrogen-bond acceptors (Lipinski definition) is 8. The van der Waals surface area contributed by atoms with Gasteiger partial charge in [0.15, 0.2) is 0 Å². The molecule has 0 unspecified atom stereocenters. The van der Waals surface area contributed by atoms with Crippen molar-refractivity contribution in [3.8, 4) is 0 Å². The summed E-state index contributed by atoms with van der Waals surface area (Å²) in [4.78, 5) is 43.7. The van der Waals surface area contributed by atoms with Crippen LogP contribution >= 0.6 is 0 Å². The van der Waals surface area contributed by atoms with Crippen molar-refractivity contribution in [3.05, 3.63) is 82.9 Å².